The van der Waals surface area contributed by atoms with E-state index in [1.54, 1.807) is 0 Å². The normalized spacial score (nSPS) is 22.6. The summed E-state index contributed by atoms with van der Waals surface area (Å²) in [6, 6.07) is 0.660. The van der Waals surface area contributed by atoms with E-state index in [0.717, 1.165) is 19.1 Å². The fourth-order valence-electron chi connectivity index (χ4n) is 2.50. The van der Waals surface area contributed by atoms with Crippen molar-refractivity contribution in [1.29, 1.82) is 0 Å². The van der Waals surface area contributed by atoms with Crippen LogP contribution in [0.25, 0.3) is 0 Å². The lowest BCUT2D eigenvalue weighted by Crippen LogP contribution is -2.39. The molecule has 1 rings (SSSR count). The van der Waals surface area contributed by atoms with Crippen molar-refractivity contribution in [3.05, 3.63) is 0 Å². The van der Waals surface area contributed by atoms with Crippen LogP contribution in [0, 0.1) is 5.92 Å². The van der Waals surface area contributed by atoms with E-state index in [2.05, 4.69) is 26.1 Å². The van der Waals surface area contributed by atoms with Gasteiger partial charge in [0.05, 0.1) is 6.10 Å². The monoisotopic (exact) mass is 213 g/mol. The van der Waals surface area contributed by atoms with Gasteiger partial charge in [-0.3, -0.25) is 0 Å². The van der Waals surface area contributed by atoms with Gasteiger partial charge in [-0.1, -0.05) is 19.3 Å². The molecule has 0 saturated heterocycles. The van der Waals surface area contributed by atoms with Gasteiger partial charge >= 0.3 is 0 Å². The van der Waals surface area contributed by atoms with E-state index in [-0.39, 0.29) is 0 Å². The highest BCUT2D eigenvalue weighted by Gasteiger charge is 2.19. The van der Waals surface area contributed by atoms with Gasteiger partial charge in [0.1, 0.15) is 0 Å². The highest BCUT2D eigenvalue weighted by atomic mass is 16.5. The average molecular weight is 213 g/mol. The first kappa shape index (κ1) is 13.0. The lowest BCUT2D eigenvalue weighted by atomic mass is 9.84. The predicted molar refractivity (Wildman–Crippen MR) is 65.1 cm³/mol. The maximum atomic E-state index is 5.52. The van der Waals surface area contributed by atoms with E-state index >= 15 is 0 Å². The molecular weight excluding hydrogens is 186 g/mol. The van der Waals surface area contributed by atoms with Crippen LogP contribution in [0.15, 0.2) is 0 Å². The third-order valence-corrected chi connectivity index (χ3v) is 3.54. The van der Waals surface area contributed by atoms with E-state index in [1.807, 2.05) is 0 Å². The smallest absolute Gasteiger partial charge is 0.0671 e. The topological polar surface area (TPSA) is 21.3 Å². The minimum absolute atomic E-state index is 0.348. The maximum absolute atomic E-state index is 5.52. The summed E-state index contributed by atoms with van der Waals surface area (Å²) in [6.45, 7) is 8.34. The number of rotatable bonds is 6. The molecular formula is C13H27NO. The molecule has 1 aliphatic carbocycles. The van der Waals surface area contributed by atoms with Gasteiger partial charge in [0.2, 0.25) is 0 Å². The second kappa shape index (κ2) is 7.24. The standard InChI is InChI=1S/C13H27NO/c1-4-15-11(2)10-14-12(3)13-8-6-5-7-9-13/h11-14H,4-10H2,1-3H3. The summed E-state index contributed by atoms with van der Waals surface area (Å²) in [5.41, 5.74) is 0. The van der Waals surface area contributed by atoms with Crippen molar-refractivity contribution in [2.75, 3.05) is 13.2 Å². The number of nitrogens with one attached hydrogen (secondary N) is 1. The third-order valence-electron chi connectivity index (χ3n) is 3.54. The first-order valence-electron chi connectivity index (χ1n) is 6.59. The lowest BCUT2D eigenvalue weighted by molar-refractivity contribution is 0.0717. The van der Waals surface area contributed by atoms with E-state index < -0.39 is 0 Å². The molecule has 2 heteroatoms. The Labute approximate surface area is 94.8 Å². The molecule has 0 aromatic heterocycles. The summed E-state index contributed by atoms with van der Waals surface area (Å²) in [4.78, 5) is 0. The van der Waals surface area contributed by atoms with Crippen molar-refractivity contribution in [3.63, 3.8) is 0 Å². The molecule has 2 atom stereocenters. The highest BCUT2D eigenvalue weighted by molar-refractivity contribution is 4.76. The summed E-state index contributed by atoms with van der Waals surface area (Å²) in [5.74, 6) is 0.896. The van der Waals surface area contributed by atoms with Crippen molar-refractivity contribution in [1.82, 2.24) is 5.32 Å². The largest absolute Gasteiger partial charge is 0.377 e. The summed E-state index contributed by atoms with van der Waals surface area (Å²) < 4.78 is 5.52. The van der Waals surface area contributed by atoms with Gasteiger partial charge in [-0.05, 0) is 39.5 Å². The zero-order chi connectivity index (χ0) is 11.1. The Morgan fingerprint density at radius 3 is 2.47 bits per heavy atom. The van der Waals surface area contributed by atoms with Gasteiger partial charge in [-0.15, -0.1) is 0 Å². The van der Waals surface area contributed by atoms with Gasteiger partial charge in [0.25, 0.3) is 0 Å². The molecule has 0 radical (unpaired) electrons. The van der Waals surface area contributed by atoms with Gasteiger partial charge < -0.3 is 10.1 Å². The SMILES string of the molecule is CCOC(C)CNC(C)C1CCCCC1. The minimum Gasteiger partial charge on any atom is -0.377 e. The quantitative estimate of drug-likeness (QED) is 0.732. The van der Waals surface area contributed by atoms with Gasteiger partial charge in [0.15, 0.2) is 0 Å². The molecule has 0 spiro atoms. The first-order valence-corrected chi connectivity index (χ1v) is 6.59. The summed E-state index contributed by atoms with van der Waals surface area (Å²) in [7, 11) is 0. The van der Waals surface area contributed by atoms with Crippen LogP contribution >= 0.6 is 0 Å². The second-order valence-electron chi connectivity index (χ2n) is 4.86. The highest BCUT2D eigenvalue weighted by Crippen LogP contribution is 2.26. The second-order valence-corrected chi connectivity index (χ2v) is 4.86. The Kier molecular flexibility index (Phi) is 6.26. The van der Waals surface area contributed by atoms with Crippen molar-refractivity contribution in [2.24, 2.45) is 5.92 Å². The Balaban J connectivity index is 2.13. The fraction of sp³-hybridized carbons (Fsp3) is 1.00. The van der Waals surface area contributed by atoms with Crippen LogP contribution in [0.1, 0.15) is 52.9 Å². The minimum atomic E-state index is 0.348. The van der Waals surface area contributed by atoms with E-state index in [9.17, 15) is 0 Å². The van der Waals surface area contributed by atoms with Crippen LogP contribution in [0.4, 0.5) is 0 Å². The molecule has 0 bridgehead atoms. The predicted octanol–water partition coefficient (Wildman–Crippen LogP) is 2.97. The van der Waals surface area contributed by atoms with Crippen molar-refractivity contribution in [3.8, 4) is 0 Å². The molecule has 0 aromatic carbocycles. The Hall–Kier alpha value is -0.0800. The fourth-order valence-corrected chi connectivity index (χ4v) is 2.50. The molecule has 0 aliphatic heterocycles. The van der Waals surface area contributed by atoms with Crippen LogP contribution in [0.2, 0.25) is 0 Å². The molecule has 1 N–H and O–H groups in total. The summed E-state index contributed by atoms with van der Waals surface area (Å²) in [6.07, 6.45) is 7.48. The molecule has 2 nitrogen and oxygen atoms in total. The van der Waals surface area contributed by atoms with Crippen molar-refractivity contribution >= 4 is 0 Å². The van der Waals surface area contributed by atoms with E-state index in [0.29, 0.717) is 12.1 Å². The zero-order valence-corrected chi connectivity index (χ0v) is 10.6. The lowest BCUT2D eigenvalue weighted by Gasteiger charge is -2.29. The first-order chi connectivity index (χ1) is 7.24. The number of ether oxygens (including phenoxy) is 1. The average Bonchev–Trinajstić information content (AvgIpc) is 2.27. The molecule has 1 saturated carbocycles. The van der Waals surface area contributed by atoms with Crippen LogP contribution in [-0.2, 0) is 4.74 Å². The Bertz CT molecular complexity index is 155. The van der Waals surface area contributed by atoms with E-state index in [1.165, 1.54) is 32.1 Å². The van der Waals surface area contributed by atoms with Crippen LogP contribution in [0.3, 0.4) is 0 Å². The van der Waals surface area contributed by atoms with Gasteiger partial charge in [0, 0.05) is 19.2 Å². The van der Waals surface area contributed by atoms with Gasteiger partial charge in [-0.2, -0.15) is 0 Å². The molecule has 2 unspecified atom stereocenters. The van der Waals surface area contributed by atoms with Crippen LogP contribution in [-0.4, -0.2) is 25.3 Å². The summed E-state index contributed by atoms with van der Waals surface area (Å²) in [5, 5.41) is 3.61. The Morgan fingerprint density at radius 2 is 1.87 bits per heavy atom. The molecule has 0 amide bonds. The number of hydrogen-bond donors (Lipinski definition) is 1. The maximum Gasteiger partial charge on any atom is 0.0671 e. The van der Waals surface area contributed by atoms with Crippen LogP contribution < -0.4 is 5.32 Å². The molecule has 0 heterocycles. The third kappa shape index (κ3) is 4.98. The van der Waals surface area contributed by atoms with Crippen molar-refractivity contribution < 1.29 is 4.74 Å². The molecule has 15 heavy (non-hydrogen) atoms. The van der Waals surface area contributed by atoms with E-state index in [4.69, 9.17) is 4.74 Å². The molecule has 0 aromatic rings. The summed E-state index contributed by atoms with van der Waals surface area (Å²) >= 11 is 0. The molecule has 1 aliphatic rings. The number of hydrogen-bond acceptors (Lipinski definition) is 2. The molecule has 90 valence electrons. The van der Waals surface area contributed by atoms with Crippen LogP contribution in [0.5, 0.6) is 0 Å². The molecule has 1 fully saturated rings. The Morgan fingerprint density at radius 1 is 1.20 bits per heavy atom. The van der Waals surface area contributed by atoms with Gasteiger partial charge in [-0.25, -0.2) is 0 Å². The van der Waals surface area contributed by atoms with Crippen molar-refractivity contribution in [2.45, 2.75) is 65.0 Å². The zero-order valence-electron chi connectivity index (χ0n) is 10.6.